The van der Waals surface area contributed by atoms with Gasteiger partial charge in [-0.15, -0.1) is 11.8 Å². The number of ketones is 1. The van der Waals surface area contributed by atoms with Gasteiger partial charge >= 0.3 is 0 Å². The van der Waals surface area contributed by atoms with Gasteiger partial charge in [0.15, 0.2) is 0 Å². The Balaban J connectivity index is 2.34. The molecule has 0 aliphatic rings. The molecule has 0 aliphatic heterocycles. The molecule has 0 fully saturated rings. The zero-order valence-electron chi connectivity index (χ0n) is 10.1. The highest BCUT2D eigenvalue weighted by atomic mass is 79.9. The minimum absolute atomic E-state index is 0.0814. The molecule has 1 unspecified atom stereocenters. The maximum Gasteiger partial charge on any atom is 0.145 e. The van der Waals surface area contributed by atoms with E-state index in [2.05, 4.69) is 15.9 Å². The zero-order valence-corrected chi connectivity index (χ0v) is 12.5. The van der Waals surface area contributed by atoms with Crippen molar-refractivity contribution in [2.75, 3.05) is 19.5 Å². The summed E-state index contributed by atoms with van der Waals surface area (Å²) < 4.78 is 6.03. The summed E-state index contributed by atoms with van der Waals surface area (Å²) in [4.78, 5) is 12.9. The van der Waals surface area contributed by atoms with Crippen LogP contribution in [0.2, 0.25) is 0 Å². The van der Waals surface area contributed by atoms with Crippen LogP contribution in [0, 0.1) is 5.92 Å². The lowest BCUT2D eigenvalue weighted by atomic mass is 10.1. The molecule has 0 heterocycles. The quantitative estimate of drug-likeness (QED) is 0.716. The van der Waals surface area contributed by atoms with Crippen molar-refractivity contribution in [3.8, 4) is 0 Å². The summed E-state index contributed by atoms with van der Waals surface area (Å²) in [7, 11) is 1.66. The fourth-order valence-electron chi connectivity index (χ4n) is 1.28. The SMILES string of the molecule is COCCC(C)C(=O)CSc1ccc(Br)cc1. The minimum Gasteiger partial charge on any atom is -0.385 e. The molecule has 94 valence electrons. The number of rotatable bonds is 7. The fraction of sp³-hybridized carbons (Fsp3) is 0.462. The lowest BCUT2D eigenvalue weighted by molar-refractivity contribution is -0.120. The van der Waals surface area contributed by atoms with Gasteiger partial charge in [0.25, 0.3) is 0 Å². The van der Waals surface area contributed by atoms with E-state index in [9.17, 15) is 4.79 Å². The van der Waals surface area contributed by atoms with Crippen LogP contribution in [-0.4, -0.2) is 25.3 Å². The van der Waals surface area contributed by atoms with Crippen molar-refractivity contribution in [3.05, 3.63) is 28.7 Å². The predicted octanol–water partition coefficient (Wildman–Crippen LogP) is 3.78. The molecular formula is C13H17BrO2S. The van der Waals surface area contributed by atoms with E-state index in [0.29, 0.717) is 12.4 Å². The highest BCUT2D eigenvalue weighted by Crippen LogP contribution is 2.21. The molecule has 1 aromatic rings. The number of hydrogen-bond acceptors (Lipinski definition) is 3. The fourth-order valence-corrected chi connectivity index (χ4v) is 2.47. The van der Waals surface area contributed by atoms with E-state index < -0.39 is 0 Å². The second-order valence-corrected chi connectivity index (χ2v) is 5.86. The zero-order chi connectivity index (χ0) is 12.7. The van der Waals surface area contributed by atoms with Crippen molar-refractivity contribution in [3.63, 3.8) is 0 Å². The summed E-state index contributed by atoms with van der Waals surface area (Å²) in [6, 6.07) is 8.01. The van der Waals surface area contributed by atoms with Gasteiger partial charge in [-0.1, -0.05) is 22.9 Å². The van der Waals surface area contributed by atoms with Crippen LogP contribution in [-0.2, 0) is 9.53 Å². The van der Waals surface area contributed by atoms with Gasteiger partial charge in [-0.05, 0) is 30.7 Å². The lowest BCUT2D eigenvalue weighted by Gasteiger charge is -2.09. The van der Waals surface area contributed by atoms with E-state index in [1.54, 1.807) is 18.9 Å². The summed E-state index contributed by atoms with van der Waals surface area (Å²) in [6.45, 7) is 2.61. The molecule has 0 spiro atoms. The lowest BCUT2D eigenvalue weighted by Crippen LogP contribution is -2.15. The van der Waals surface area contributed by atoms with Crippen LogP contribution in [0.25, 0.3) is 0 Å². The Kier molecular flexibility index (Phi) is 6.85. The number of ether oxygens (including phenoxy) is 1. The molecule has 0 saturated heterocycles. The van der Waals surface area contributed by atoms with E-state index in [-0.39, 0.29) is 11.7 Å². The monoisotopic (exact) mass is 316 g/mol. The Bertz CT molecular complexity index is 351. The van der Waals surface area contributed by atoms with E-state index in [0.717, 1.165) is 15.8 Å². The predicted molar refractivity (Wildman–Crippen MR) is 75.5 cm³/mol. The van der Waals surface area contributed by atoms with E-state index >= 15 is 0 Å². The van der Waals surface area contributed by atoms with Crippen LogP contribution in [0.15, 0.2) is 33.6 Å². The Morgan fingerprint density at radius 3 is 2.65 bits per heavy atom. The summed E-state index contributed by atoms with van der Waals surface area (Å²) in [5.41, 5.74) is 0. The average molecular weight is 317 g/mol. The van der Waals surface area contributed by atoms with Crippen molar-refractivity contribution < 1.29 is 9.53 Å². The van der Waals surface area contributed by atoms with Gasteiger partial charge in [-0.2, -0.15) is 0 Å². The molecular weight excluding hydrogens is 300 g/mol. The summed E-state index contributed by atoms with van der Waals surface area (Å²) in [5, 5.41) is 0. The minimum atomic E-state index is 0.0814. The number of benzene rings is 1. The number of methoxy groups -OCH3 is 1. The molecule has 1 aromatic carbocycles. The van der Waals surface area contributed by atoms with Crippen LogP contribution >= 0.6 is 27.7 Å². The molecule has 0 saturated carbocycles. The standard InChI is InChI=1S/C13H17BrO2S/c1-10(7-8-16-2)13(15)9-17-12-5-3-11(14)4-6-12/h3-6,10H,7-9H2,1-2H3. The second-order valence-electron chi connectivity index (χ2n) is 3.89. The first kappa shape index (κ1) is 14.7. The average Bonchev–Trinajstić information content (AvgIpc) is 2.34. The van der Waals surface area contributed by atoms with E-state index in [1.807, 2.05) is 31.2 Å². The largest absolute Gasteiger partial charge is 0.385 e. The third-order valence-corrected chi connectivity index (χ3v) is 4.06. The van der Waals surface area contributed by atoms with Crippen molar-refractivity contribution >= 4 is 33.5 Å². The van der Waals surface area contributed by atoms with Crippen molar-refractivity contribution in [1.29, 1.82) is 0 Å². The van der Waals surface area contributed by atoms with Crippen LogP contribution in [0.5, 0.6) is 0 Å². The maximum absolute atomic E-state index is 11.8. The second kappa shape index (κ2) is 7.90. The molecule has 1 atom stereocenters. The topological polar surface area (TPSA) is 26.3 Å². The van der Waals surface area contributed by atoms with Crippen LogP contribution in [0.4, 0.5) is 0 Å². The highest BCUT2D eigenvalue weighted by Gasteiger charge is 2.12. The summed E-state index contributed by atoms with van der Waals surface area (Å²) in [6.07, 6.45) is 0.802. The molecule has 0 aliphatic carbocycles. The molecule has 4 heteroatoms. The first-order chi connectivity index (χ1) is 8.13. The maximum atomic E-state index is 11.8. The van der Waals surface area contributed by atoms with Gasteiger partial charge in [0.05, 0.1) is 5.75 Å². The van der Waals surface area contributed by atoms with Crippen molar-refractivity contribution in [1.82, 2.24) is 0 Å². The third-order valence-electron chi connectivity index (χ3n) is 2.50. The molecule has 1 rings (SSSR count). The van der Waals surface area contributed by atoms with E-state index in [1.165, 1.54) is 0 Å². The third kappa shape index (κ3) is 5.70. The van der Waals surface area contributed by atoms with E-state index in [4.69, 9.17) is 4.74 Å². The van der Waals surface area contributed by atoms with Crippen LogP contribution in [0.1, 0.15) is 13.3 Å². The van der Waals surface area contributed by atoms with Crippen molar-refractivity contribution in [2.45, 2.75) is 18.2 Å². The first-order valence-corrected chi connectivity index (χ1v) is 7.31. The number of Topliss-reactive ketones (excluding diaryl/α,β-unsaturated/α-hetero) is 1. The number of hydrogen-bond donors (Lipinski definition) is 0. The summed E-state index contributed by atoms with van der Waals surface area (Å²) in [5.74, 6) is 0.903. The summed E-state index contributed by atoms with van der Waals surface area (Å²) >= 11 is 4.97. The number of carbonyl (C=O) groups excluding carboxylic acids is 1. The number of halogens is 1. The number of thioether (sulfide) groups is 1. The molecule has 0 bridgehead atoms. The molecule has 0 N–H and O–H groups in total. The smallest absolute Gasteiger partial charge is 0.145 e. The Labute approximate surface area is 115 Å². The molecule has 0 amide bonds. The Morgan fingerprint density at radius 1 is 1.41 bits per heavy atom. The highest BCUT2D eigenvalue weighted by molar-refractivity contribution is 9.10. The van der Waals surface area contributed by atoms with Crippen molar-refractivity contribution in [2.24, 2.45) is 5.92 Å². The normalized spacial score (nSPS) is 12.4. The first-order valence-electron chi connectivity index (χ1n) is 5.53. The van der Waals surface area contributed by atoms with Crippen LogP contribution in [0.3, 0.4) is 0 Å². The molecule has 2 nitrogen and oxygen atoms in total. The van der Waals surface area contributed by atoms with Gasteiger partial charge in [-0.3, -0.25) is 4.79 Å². The molecule has 0 aromatic heterocycles. The Morgan fingerprint density at radius 2 is 2.06 bits per heavy atom. The van der Waals surface area contributed by atoms with Gasteiger partial charge in [0.1, 0.15) is 5.78 Å². The number of carbonyl (C=O) groups is 1. The molecule has 17 heavy (non-hydrogen) atoms. The van der Waals surface area contributed by atoms with Gasteiger partial charge in [-0.25, -0.2) is 0 Å². The van der Waals surface area contributed by atoms with Gasteiger partial charge in [0.2, 0.25) is 0 Å². The molecule has 0 radical (unpaired) electrons. The van der Waals surface area contributed by atoms with Crippen LogP contribution < -0.4 is 0 Å². The van der Waals surface area contributed by atoms with Gasteiger partial charge in [0, 0.05) is 29.0 Å². The van der Waals surface area contributed by atoms with Gasteiger partial charge < -0.3 is 4.74 Å². The Hall–Kier alpha value is -0.320.